The standard InChI is InChI=1S/C24H22N2O3/c1-28-18-11-12-20(23(14-18)29-2)24(27)26-22-10-6-4-8-19(22)17-13-16-7-3-5-9-21(16)25-15-17/h3-12,14-16H,13H2,1-2H3,(H,26,27). The van der Waals surface area contributed by atoms with E-state index >= 15 is 0 Å². The predicted octanol–water partition coefficient (Wildman–Crippen LogP) is 4.88. The number of hydrogen-bond acceptors (Lipinski definition) is 4. The Labute approximate surface area is 170 Å². The zero-order valence-corrected chi connectivity index (χ0v) is 16.4. The lowest BCUT2D eigenvalue weighted by molar-refractivity contribution is 0.102. The van der Waals surface area contributed by atoms with E-state index in [4.69, 9.17) is 9.47 Å². The van der Waals surface area contributed by atoms with Crippen molar-refractivity contribution < 1.29 is 14.3 Å². The molecule has 1 atom stereocenters. The van der Waals surface area contributed by atoms with Crippen LogP contribution in [0.3, 0.4) is 0 Å². The Morgan fingerprint density at radius 2 is 1.97 bits per heavy atom. The number of anilines is 1. The zero-order valence-electron chi connectivity index (χ0n) is 16.4. The van der Waals surface area contributed by atoms with Gasteiger partial charge in [-0.1, -0.05) is 36.4 Å². The molecule has 2 aromatic rings. The Kier molecular flexibility index (Phi) is 5.29. The minimum Gasteiger partial charge on any atom is -0.497 e. The first kappa shape index (κ1) is 18.7. The van der Waals surface area contributed by atoms with Crippen LogP contribution in [-0.2, 0) is 0 Å². The average molecular weight is 386 g/mol. The molecular formula is C24H22N2O3. The Balaban J connectivity index is 1.62. The monoisotopic (exact) mass is 386 g/mol. The van der Waals surface area contributed by atoms with Gasteiger partial charge in [-0.25, -0.2) is 0 Å². The molecule has 4 rings (SSSR count). The molecule has 146 valence electrons. The van der Waals surface area contributed by atoms with Gasteiger partial charge in [0.2, 0.25) is 0 Å². The van der Waals surface area contributed by atoms with Crippen LogP contribution < -0.4 is 14.8 Å². The maximum absolute atomic E-state index is 13.0. The van der Waals surface area contributed by atoms with Crippen molar-refractivity contribution in [3.05, 3.63) is 84.1 Å². The maximum Gasteiger partial charge on any atom is 0.259 e. The first-order valence-corrected chi connectivity index (χ1v) is 9.44. The Hall–Kier alpha value is -3.60. The van der Waals surface area contributed by atoms with Crippen molar-refractivity contribution in [3.8, 4) is 11.5 Å². The third-order valence-corrected chi connectivity index (χ3v) is 5.09. The molecule has 5 heteroatoms. The number of aliphatic imine (C=N–C) groups is 1. The number of hydrogen-bond donors (Lipinski definition) is 1. The van der Waals surface area contributed by atoms with Gasteiger partial charge in [0, 0.05) is 35.1 Å². The fraction of sp³-hybridized carbons (Fsp3) is 0.167. The van der Waals surface area contributed by atoms with Crippen LogP contribution >= 0.6 is 0 Å². The van der Waals surface area contributed by atoms with Gasteiger partial charge in [0.05, 0.1) is 19.8 Å². The lowest BCUT2D eigenvalue weighted by Gasteiger charge is -2.23. The molecule has 1 aliphatic carbocycles. The van der Waals surface area contributed by atoms with Gasteiger partial charge in [0.15, 0.2) is 0 Å². The van der Waals surface area contributed by atoms with E-state index in [1.54, 1.807) is 25.3 Å². The maximum atomic E-state index is 13.0. The molecule has 1 unspecified atom stereocenters. The molecule has 1 heterocycles. The highest BCUT2D eigenvalue weighted by molar-refractivity contribution is 6.08. The minimum absolute atomic E-state index is 0.238. The molecule has 29 heavy (non-hydrogen) atoms. The third-order valence-electron chi connectivity index (χ3n) is 5.09. The number of carbonyl (C=O) groups excluding carboxylic acids is 1. The predicted molar refractivity (Wildman–Crippen MR) is 116 cm³/mol. The molecule has 5 nitrogen and oxygen atoms in total. The number of para-hydroxylation sites is 1. The van der Waals surface area contributed by atoms with Crippen LogP contribution in [0.4, 0.5) is 5.69 Å². The molecule has 2 aromatic carbocycles. The van der Waals surface area contributed by atoms with Gasteiger partial charge in [-0.15, -0.1) is 0 Å². The van der Waals surface area contributed by atoms with Crippen molar-refractivity contribution in [2.24, 2.45) is 10.9 Å². The number of nitrogens with one attached hydrogen (secondary N) is 1. The van der Waals surface area contributed by atoms with Crippen molar-refractivity contribution in [2.75, 3.05) is 19.5 Å². The van der Waals surface area contributed by atoms with Crippen LogP contribution in [0.5, 0.6) is 11.5 Å². The molecule has 0 aromatic heterocycles. The van der Waals surface area contributed by atoms with Crippen LogP contribution in [0, 0.1) is 5.92 Å². The van der Waals surface area contributed by atoms with Crippen LogP contribution in [-0.4, -0.2) is 25.8 Å². The van der Waals surface area contributed by atoms with Gasteiger partial charge >= 0.3 is 0 Å². The molecule has 0 saturated carbocycles. The van der Waals surface area contributed by atoms with Crippen LogP contribution in [0.2, 0.25) is 0 Å². The second-order valence-electron chi connectivity index (χ2n) is 6.83. The Morgan fingerprint density at radius 3 is 2.79 bits per heavy atom. The first-order valence-electron chi connectivity index (χ1n) is 9.44. The van der Waals surface area contributed by atoms with Gasteiger partial charge in [-0.05, 0) is 36.3 Å². The van der Waals surface area contributed by atoms with Gasteiger partial charge in [0.25, 0.3) is 5.91 Å². The van der Waals surface area contributed by atoms with E-state index in [9.17, 15) is 4.79 Å². The number of fused-ring (bicyclic) bond motifs is 1. The molecule has 0 spiro atoms. The number of amides is 1. The summed E-state index contributed by atoms with van der Waals surface area (Å²) in [6, 6.07) is 12.9. The van der Waals surface area contributed by atoms with E-state index in [0.29, 0.717) is 17.1 Å². The molecular weight excluding hydrogens is 364 g/mol. The number of ether oxygens (including phenoxy) is 2. The van der Waals surface area contributed by atoms with Crippen LogP contribution in [0.15, 0.2) is 78.0 Å². The summed E-state index contributed by atoms with van der Waals surface area (Å²) >= 11 is 0. The second-order valence-corrected chi connectivity index (χ2v) is 6.83. The van der Waals surface area contributed by atoms with E-state index in [-0.39, 0.29) is 11.8 Å². The summed E-state index contributed by atoms with van der Waals surface area (Å²) in [5.74, 6) is 1.13. The van der Waals surface area contributed by atoms with Crippen LogP contribution in [0.1, 0.15) is 22.3 Å². The Morgan fingerprint density at radius 1 is 1.10 bits per heavy atom. The first-order chi connectivity index (χ1) is 14.2. The smallest absolute Gasteiger partial charge is 0.259 e. The van der Waals surface area contributed by atoms with Crippen molar-refractivity contribution >= 4 is 22.9 Å². The number of benzene rings is 2. The highest BCUT2D eigenvalue weighted by atomic mass is 16.5. The van der Waals surface area contributed by atoms with E-state index < -0.39 is 0 Å². The van der Waals surface area contributed by atoms with Gasteiger partial charge in [0.1, 0.15) is 11.5 Å². The third kappa shape index (κ3) is 3.85. The molecule has 1 amide bonds. The quantitative estimate of drug-likeness (QED) is 0.796. The summed E-state index contributed by atoms with van der Waals surface area (Å²) in [4.78, 5) is 17.6. The fourth-order valence-corrected chi connectivity index (χ4v) is 3.56. The van der Waals surface area contributed by atoms with E-state index in [0.717, 1.165) is 29.0 Å². The summed E-state index contributed by atoms with van der Waals surface area (Å²) < 4.78 is 10.6. The van der Waals surface area contributed by atoms with Crippen LogP contribution in [0.25, 0.3) is 5.57 Å². The average Bonchev–Trinajstić information content (AvgIpc) is 2.78. The summed E-state index contributed by atoms with van der Waals surface area (Å²) in [6.07, 6.45) is 11.0. The summed E-state index contributed by atoms with van der Waals surface area (Å²) in [5, 5.41) is 3.03. The highest BCUT2D eigenvalue weighted by Crippen LogP contribution is 2.34. The summed E-state index contributed by atoms with van der Waals surface area (Å²) in [6.45, 7) is 0. The SMILES string of the molecule is COc1ccc(C(=O)Nc2ccccc2C2=CN=C3C=CC=CC3C2)c(OC)c1. The van der Waals surface area contributed by atoms with Crippen molar-refractivity contribution in [3.63, 3.8) is 0 Å². The number of carbonyl (C=O) groups is 1. The van der Waals surface area contributed by atoms with E-state index in [2.05, 4.69) is 22.5 Å². The van der Waals surface area contributed by atoms with E-state index in [1.165, 1.54) is 7.11 Å². The zero-order chi connectivity index (χ0) is 20.2. The lowest BCUT2D eigenvalue weighted by atomic mass is 9.86. The molecule has 0 fully saturated rings. The number of methoxy groups -OCH3 is 2. The highest BCUT2D eigenvalue weighted by Gasteiger charge is 2.22. The largest absolute Gasteiger partial charge is 0.497 e. The van der Waals surface area contributed by atoms with Gasteiger partial charge in [-0.2, -0.15) is 0 Å². The fourth-order valence-electron chi connectivity index (χ4n) is 3.56. The second kappa shape index (κ2) is 8.19. The number of nitrogens with zero attached hydrogens (tertiary/aromatic N) is 1. The summed E-state index contributed by atoms with van der Waals surface area (Å²) in [7, 11) is 3.11. The Bertz CT molecular complexity index is 1060. The van der Waals surface area contributed by atoms with Crippen molar-refractivity contribution in [2.45, 2.75) is 6.42 Å². The van der Waals surface area contributed by atoms with Crippen molar-refractivity contribution in [1.82, 2.24) is 0 Å². The normalized spacial score (nSPS) is 17.1. The van der Waals surface area contributed by atoms with Gasteiger partial charge < -0.3 is 14.8 Å². The topological polar surface area (TPSA) is 59.9 Å². The number of rotatable bonds is 5. The molecule has 1 aliphatic heterocycles. The molecule has 1 N–H and O–H groups in total. The lowest BCUT2D eigenvalue weighted by Crippen LogP contribution is -2.17. The van der Waals surface area contributed by atoms with E-state index in [1.807, 2.05) is 42.6 Å². The molecule has 0 radical (unpaired) electrons. The number of allylic oxidation sites excluding steroid dienone is 5. The summed E-state index contributed by atoms with van der Waals surface area (Å²) in [5.41, 5.74) is 4.33. The molecule has 0 bridgehead atoms. The van der Waals surface area contributed by atoms with Crippen molar-refractivity contribution in [1.29, 1.82) is 0 Å². The minimum atomic E-state index is -0.238. The molecule has 2 aliphatic rings. The van der Waals surface area contributed by atoms with Gasteiger partial charge in [-0.3, -0.25) is 9.79 Å². The molecule has 0 saturated heterocycles.